The summed E-state index contributed by atoms with van der Waals surface area (Å²) >= 11 is 7.47. The Bertz CT molecular complexity index is 1580. The Hall–Kier alpha value is -3.26. The number of aryl methyl sites for hydroxylation is 2. The fraction of sp³-hybridized carbons (Fsp3) is 0.344. The van der Waals surface area contributed by atoms with Crippen LogP contribution in [0.2, 0.25) is 5.02 Å². The molecule has 0 saturated carbocycles. The number of aromatic nitrogens is 2. The number of likely N-dealkylation sites (tertiary alicyclic amines) is 1. The van der Waals surface area contributed by atoms with E-state index in [0.717, 1.165) is 40.9 Å². The van der Waals surface area contributed by atoms with Crippen molar-refractivity contribution in [3.8, 4) is 27.5 Å². The van der Waals surface area contributed by atoms with Gasteiger partial charge in [0, 0.05) is 34.7 Å². The molecule has 3 heterocycles. The van der Waals surface area contributed by atoms with Gasteiger partial charge >= 0.3 is 0 Å². The van der Waals surface area contributed by atoms with Gasteiger partial charge in [-0.3, -0.25) is 14.2 Å². The highest BCUT2D eigenvalue weighted by Gasteiger charge is 2.33. The number of rotatable bonds is 8. The van der Waals surface area contributed by atoms with E-state index in [9.17, 15) is 14.7 Å². The smallest absolute Gasteiger partial charge is 0.265 e. The second kappa shape index (κ2) is 11.7. The summed E-state index contributed by atoms with van der Waals surface area (Å²) in [6.45, 7) is 8.94. The number of β-amino-alcohol motifs (C(OH)–C–C–N with tert-alkyl or cyclic N) is 1. The minimum Gasteiger partial charge on any atom is -0.389 e. The second-order valence-corrected chi connectivity index (χ2v) is 12.0. The lowest BCUT2D eigenvalue weighted by molar-refractivity contribution is 0.00575. The van der Waals surface area contributed by atoms with E-state index in [0.29, 0.717) is 33.3 Å². The van der Waals surface area contributed by atoms with E-state index in [4.69, 9.17) is 16.6 Å². The number of halogens is 1. The zero-order chi connectivity index (χ0) is 28.6. The van der Waals surface area contributed by atoms with Crippen molar-refractivity contribution in [2.45, 2.75) is 53.1 Å². The van der Waals surface area contributed by atoms with Gasteiger partial charge in [-0.2, -0.15) is 0 Å². The van der Waals surface area contributed by atoms with E-state index in [1.165, 1.54) is 11.3 Å². The van der Waals surface area contributed by atoms with Crippen molar-refractivity contribution in [3.05, 3.63) is 91.7 Å². The summed E-state index contributed by atoms with van der Waals surface area (Å²) in [5.41, 5.74) is 6.05. The number of para-hydroxylation sites is 1. The molecule has 2 aromatic heterocycles. The molecule has 8 heteroatoms. The summed E-state index contributed by atoms with van der Waals surface area (Å²) in [6.07, 6.45) is 1.54. The van der Waals surface area contributed by atoms with Gasteiger partial charge in [-0.25, -0.2) is 4.98 Å². The van der Waals surface area contributed by atoms with Crippen LogP contribution in [0.15, 0.2) is 58.7 Å². The lowest BCUT2D eigenvalue weighted by atomic mass is 9.96. The highest BCUT2D eigenvalue weighted by Crippen LogP contribution is 2.32. The molecule has 2 aromatic carbocycles. The molecule has 40 heavy (non-hydrogen) atoms. The van der Waals surface area contributed by atoms with Gasteiger partial charge in [0.05, 0.1) is 28.6 Å². The summed E-state index contributed by atoms with van der Waals surface area (Å²) < 4.78 is 1.79. The molecule has 0 spiro atoms. The lowest BCUT2D eigenvalue weighted by Crippen LogP contribution is -2.53. The number of amides is 1. The molecule has 0 bridgehead atoms. The van der Waals surface area contributed by atoms with Crippen molar-refractivity contribution >= 4 is 28.8 Å². The molecule has 1 amide bonds. The molecule has 6 nitrogen and oxygen atoms in total. The van der Waals surface area contributed by atoms with Crippen LogP contribution in [0.3, 0.4) is 0 Å². The van der Waals surface area contributed by atoms with Gasteiger partial charge in [-0.1, -0.05) is 69.6 Å². The Morgan fingerprint density at radius 1 is 1.10 bits per heavy atom. The lowest BCUT2D eigenvalue weighted by Gasteiger charge is -2.36. The third-order valence-electron chi connectivity index (χ3n) is 7.35. The fourth-order valence-corrected chi connectivity index (χ4v) is 6.22. The zero-order valence-corrected chi connectivity index (χ0v) is 24.9. The van der Waals surface area contributed by atoms with E-state index in [1.54, 1.807) is 15.5 Å². The molecule has 4 aromatic rings. The minimum atomic E-state index is -0.517. The van der Waals surface area contributed by atoms with Gasteiger partial charge in [0.15, 0.2) is 0 Å². The number of thiazole rings is 1. The standard InChI is InChI=1S/C32H34ClN3O3S/c1-5-20-8-7-9-21(6-2)29(20)36-28(14-19(3)4)25(31(38)35-16-24(37)17-35)15-26(32(36)39)30-34-27(18-40-30)22-10-12-23(33)13-11-22/h7-13,15,18-19,24,37H,5-6,14,16-17H2,1-4H3. The van der Waals surface area contributed by atoms with Crippen molar-refractivity contribution in [2.24, 2.45) is 5.92 Å². The molecule has 1 aliphatic rings. The van der Waals surface area contributed by atoms with Crippen LogP contribution in [0.1, 0.15) is 54.9 Å². The maximum Gasteiger partial charge on any atom is 0.265 e. The Morgan fingerprint density at radius 3 is 2.33 bits per heavy atom. The third-order valence-corrected chi connectivity index (χ3v) is 8.48. The van der Waals surface area contributed by atoms with Crippen molar-refractivity contribution in [1.29, 1.82) is 0 Å². The first-order valence-corrected chi connectivity index (χ1v) is 15.1. The van der Waals surface area contributed by atoms with Crippen molar-refractivity contribution in [3.63, 3.8) is 0 Å². The van der Waals surface area contributed by atoms with Crippen LogP contribution in [0.4, 0.5) is 0 Å². The maximum absolute atomic E-state index is 14.5. The average Bonchev–Trinajstić information content (AvgIpc) is 3.41. The highest BCUT2D eigenvalue weighted by molar-refractivity contribution is 7.13. The molecule has 1 fully saturated rings. The van der Waals surface area contributed by atoms with E-state index in [1.807, 2.05) is 35.7 Å². The Morgan fingerprint density at radius 2 is 1.75 bits per heavy atom. The van der Waals surface area contributed by atoms with Crippen LogP contribution >= 0.6 is 22.9 Å². The van der Waals surface area contributed by atoms with E-state index in [2.05, 4.69) is 39.8 Å². The molecule has 0 unspecified atom stereocenters. The van der Waals surface area contributed by atoms with E-state index in [-0.39, 0.29) is 30.5 Å². The quantitative estimate of drug-likeness (QED) is 0.263. The van der Waals surface area contributed by atoms with Gasteiger partial charge in [0.25, 0.3) is 11.5 Å². The fourth-order valence-electron chi connectivity index (χ4n) is 5.26. The number of carbonyl (C=O) groups excluding carboxylic acids is 1. The summed E-state index contributed by atoms with van der Waals surface area (Å²) in [4.78, 5) is 34.9. The molecule has 1 aliphatic heterocycles. The number of pyridine rings is 1. The van der Waals surface area contributed by atoms with Crippen molar-refractivity contribution in [2.75, 3.05) is 13.1 Å². The number of hydrogen-bond donors (Lipinski definition) is 1. The van der Waals surface area contributed by atoms with Crippen LogP contribution < -0.4 is 5.56 Å². The molecule has 5 rings (SSSR count). The number of aliphatic hydroxyl groups excluding tert-OH is 1. The zero-order valence-electron chi connectivity index (χ0n) is 23.3. The van der Waals surface area contributed by atoms with Crippen LogP contribution in [-0.2, 0) is 19.3 Å². The summed E-state index contributed by atoms with van der Waals surface area (Å²) in [6, 6.07) is 15.3. The molecule has 0 aliphatic carbocycles. The second-order valence-electron chi connectivity index (χ2n) is 10.7. The van der Waals surface area contributed by atoms with Gasteiger partial charge in [0.2, 0.25) is 0 Å². The van der Waals surface area contributed by atoms with Gasteiger partial charge in [-0.15, -0.1) is 11.3 Å². The Labute approximate surface area is 243 Å². The first-order valence-electron chi connectivity index (χ1n) is 13.8. The van der Waals surface area contributed by atoms with E-state index < -0.39 is 6.10 Å². The summed E-state index contributed by atoms with van der Waals surface area (Å²) in [5.74, 6) is 0.0396. The SMILES string of the molecule is CCc1cccc(CC)c1-n1c(CC(C)C)c(C(=O)N2CC(O)C2)cc(-c2nc(-c3ccc(Cl)cc3)cs2)c1=O. The van der Waals surface area contributed by atoms with Gasteiger partial charge < -0.3 is 10.0 Å². The molecular formula is C32H34ClN3O3S. The topological polar surface area (TPSA) is 75.4 Å². The third kappa shape index (κ3) is 5.38. The highest BCUT2D eigenvalue weighted by atomic mass is 35.5. The van der Waals surface area contributed by atoms with Crippen molar-refractivity contribution < 1.29 is 9.90 Å². The predicted molar refractivity (Wildman–Crippen MR) is 163 cm³/mol. The number of benzene rings is 2. The van der Waals surface area contributed by atoms with Crippen molar-refractivity contribution in [1.82, 2.24) is 14.5 Å². The monoisotopic (exact) mass is 575 g/mol. The van der Waals surface area contributed by atoms with Crippen LogP contribution in [0.25, 0.3) is 27.5 Å². The van der Waals surface area contributed by atoms with Gasteiger partial charge in [0.1, 0.15) is 5.01 Å². The van der Waals surface area contributed by atoms with Gasteiger partial charge in [-0.05, 0) is 54.5 Å². The first-order chi connectivity index (χ1) is 19.2. The number of hydrogen-bond acceptors (Lipinski definition) is 5. The first kappa shape index (κ1) is 28.3. The maximum atomic E-state index is 14.5. The average molecular weight is 576 g/mol. The molecule has 0 atom stereocenters. The summed E-state index contributed by atoms with van der Waals surface area (Å²) in [5, 5.41) is 13.1. The number of nitrogens with zero attached hydrogens (tertiary/aromatic N) is 3. The van der Waals surface area contributed by atoms with Crippen LogP contribution in [0, 0.1) is 5.92 Å². The largest absolute Gasteiger partial charge is 0.389 e. The van der Waals surface area contributed by atoms with Crippen LogP contribution in [-0.4, -0.2) is 44.7 Å². The molecule has 0 radical (unpaired) electrons. The Kier molecular flexibility index (Phi) is 8.26. The normalized spacial score (nSPS) is 13.6. The summed E-state index contributed by atoms with van der Waals surface area (Å²) in [7, 11) is 0. The Balaban J connectivity index is 1.79. The minimum absolute atomic E-state index is 0.169. The predicted octanol–water partition coefficient (Wildman–Crippen LogP) is 6.42. The molecule has 1 saturated heterocycles. The number of carbonyl (C=O) groups is 1. The number of aliphatic hydroxyl groups is 1. The van der Waals surface area contributed by atoms with Crippen LogP contribution in [0.5, 0.6) is 0 Å². The molecular weight excluding hydrogens is 542 g/mol. The molecule has 208 valence electrons. The molecule has 1 N–H and O–H groups in total. The van der Waals surface area contributed by atoms with E-state index >= 15 is 0 Å².